The van der Waals surface area contributed by atoms with Crippen molar-refractivity contribution in [3.05, 3.63) is 64.7 Å². The van der Waals surface area contributed by atoms with Crippen molar-refractivity contribution < 1.29 is 0 Å². The normalized spacial score (nSPS) is 18.8. The van der Waals surface area contributed by atoms with Gasteiger partial charge in [-0.3, -0.25) is 0 Å². The van der Waals surface area contributed by atoms with Crippen LogP contribution in [0.25, 0.3) is 0 Å². The van der Waals surface area contributed by atoms with Crippen LogP contribution in [0.4, 0.5) is 0 Å². The molecule has 1 nitrogen and oxygen atoms in total. The van der Waals surface area contributed by atoms with Gasteiger partial charge in [-0.25, -0.2) is 0 Å². The highest BCUT2D eigenvalue weighted by molar-refractivity contribution is 7.99. The van der Waals surface area contributed by atoms with E-state index in [0.29, 0.717) is 5.92 Å². The van der Waals surface area contributed by atoms with Gasteiger partial charge in [-0.05, 0) is 48.1 Å². The van der Waals surface area contributed by atoms with Gasteiger partial charge in [0.1, 0.15) is 0 Å². The zero-order valence-electron chi connectivity index (χ0n) is 11.3. The Hall–Kier alpha value is -0.960. The molecule has 0 aromatic heterocycles. The first-order chi connectivity index (χ1) is 9.72. The first-order valence-corrected chi connectivity index (χ1v) is 8.30. The number of benzene rings is 2. The molecule has 104 valence electrons. The van der Waals surface area contributed by atoms with Crippen LogP contribution in [-0.4, -0.2) is 11.8 Å². The summed E-state index contributed by atoms with van der Waals surface area (Å²) in [5, 5.41) is 0.788. The number of nitrogens with two attached hydrogens (primary N) is 1. The molecule has 2 aromatic rings. The maximum absolute atomic E-state index is 6.34. The second-order valence-corrected chi connectivity index (χ2v) is 6.87. The molecule has 1 heterocycles. The summed E-state index contributed by atoms with van der Waals surface area (Å²) in [6.45, 7) is 0. The predicted molar refractivity (Wildman–Crippen MR) is 87.7 cm³/mol. The van der Waals surface area contributed by atoms with E-state index in [1.165, 1.54) is 16.0 Å². The third-order valence-corrected chi connectivity index (χ3v) is 5.26. The van der Waals surface area contributed by atoms with Gasteiger partial charge in [0, 0.05) is 21.7 Å². The molecular formula is C17H18ClNS. The van der Waals surface area contributed by atoms with Crippen LogP contribution in [0.3, 0.4) is 0 Å². The van der Waals surface area contributed by atoms with E-state index in [9.17, 15) is 0 Å². The van der Waals surface area contributed by atoms with Crippen LogP contribution in [0.1, 0.15) is 23.5 Å². The molecule has 2 N–H and O–H groups in total. The molecule has 2 unspecified atom stereocenters. The Kier molecular flexibility index (Phi) is 4.35. The van der Waals surface area contributed by atoms with Gasteiger partial charge in [0.25, 0.3) is 0 Å². The molecule has 0 saturated heterocycles. The Morgan fingerprint density at radius 3 is 2.90 bits per heavy atom. The minimum absolute atomic E-state index is 0.185. The molecule has 20 heavy (non-hydrogen) atoms. The average Bonchev–Trinajstić information content (AvgIpc) is 2.82. The maximum Gasteiger partial charge on any atom is 0.0408 e. The molecule has 2 atom stereocenters. The van der Waals surface area contributed by atoms with E-state index in [0.717, 1.165) is 23.6 Å². The monoisotopic (exact) mass is 303 g/mol. The fraction of sp³-hybridized carbons (Fsp3) is 0.294. The zero-order valence-corrected chi connectivity index (χ0v) is 12.8. The average molecular weight is 304 g/mol. The molecule has 1 aliphatic heterocycles. The van der Waals surface area contributed by atoms with Crippen LogP contribution in [0.15, 0.2) is 53.4 Å². The van der Waals surface area contributed by atoms with Crippen LogP contribution < -0.4 is 5.73 Å². The van der Waals surface area contributed by atoms with Crippen molar-refractivity contribution in [2.24, 2.45) is 5.73 Å². The minimum Gasteiger partial charge on any atom is -0.327 e. The van der Waals surface area contributed by atoms with Gasteiger partial charge in [0.15, 0.2) is 0 Å². The van der Waals surface area contributed by atoms with Crippen LogP contribution in [0, 0.1) is 0 Å². The lowest BCUT2D eigenvalue weighted by molar-refractivity contribution is 0.554. The highest BCUT2D eigenvalue weighted by Gasteiger charge is 2.24. The zero-order chi connectivity index (χ0) is 13.9. The molecule has 0 amide bonds. The highest BCUT2D eigenvalue weighted by atomic mass is 35.5. The third kappa shape index (κ3) is 3.20. The van der Waals surface area contributed by atoms with E-state index in [4.69, 9.17) is 17.3 Å². The Morgan fingerprint density at radius 1 is 1.20 bits per heavy atom. The van der Waals surface area contributed by atoms with Gasteiger partial charge in [-0.2, -0.15) is 0 Å². The molecule has 0 saturated carbocycles. The van der Waals surface area contributed by atoms with Crippen LogP contribution in [0.5, 0.6) is 0 Å². The fourth-order valence-electron chi connectivity index (χ4n) is 2.84. The van der Waals surface area contributed by atoms with Crippen molar-refractivity contribution in [3.63, 3.8) is 0 Å². The standard InChI is InChI=1S/C17H18ClNS/c18-14-5-3-4-12(8-14)9-15(19)10-13-11-20-17-7-2-1-6-16(13)17/h1-8,13,15H,9-11,19H2. The van der Waals surface area contributed by atoms with Gasteiger partial charge in [-0.1, -0.05) is 41.9 Å². The van der Waals surface area contributed by atoms with Crippen molar-refractivity contribution in [3.8, 4) is 0 Å². The third-order valence-electron chi connectivity index (χ3n) is 3.77. The number of hydrogen-bond donors (Lipinski definition) is 1. The van der Waals surface area contributed by atoms with Gasteiger partial charge in [0.05, 0.1) is 0 Å². The first kappa shape index (κ1) is 14.0. The number of rotatable bonds is 4. The lowest BCUT2D eigenvalue weighted by Gasteiger charge is -2.17. The summed E-state index contributed by atoms with van der Waals surface area (Å²) < 4.78 is 0. The van der Waals surface area contributed by atoms with Crippen molar-refractivity contribution in [1.82, 2.24) is 0 Å². The number of thioether (sulfide) groups is 1. The SMILES string of the molecule is NC(Cc1cccc(Cl)c1)CC1CSc2ccccc21. The van der Waals surface area contributed by atoms with Gasteiger partial charge in [-0.15, -0.1) is 11.8 Å². The molecule has 3 rings (SSSR count). The molecule has 0 aliphatic carbocycles. The van der Waals surface area contributed by atoms with E-state index in [1.54, 1.807) is 0 Å². The second-order valence-electron chi connectivity index (χ2n) is 5.38. The summed E-state index contributed by atoms with van der Waals surface area (Å²) in [6.07, 6.45) is 1.93. The van der Waals surface area contributed by atoms with Crippen molar-refractivity contribution >= 4 is 23.4 Å². The summed E-state index contributed by atoms with van der Waals surface area (Å²) in [5.74, 6) is 1.74. The maximum atomic E-state index is 6.34. The first-order valence-electron chi connectivity index (χ1n) is 6.94. The van der Waals surface area contributed by atoms with Crippen LogP contribution >= 0.6 is 23.4 Å². The molecule has 0 radical (unpaired) electrons. The lowest BCUT2D eigenvalue weighted by atomic mass is 9.91. The smallest absolute Gasteiger partial charge is 0.0408 e. The Morgan fingerprint density at radius 2 is 2.05 bits per heavy atom. The minimum atomic E-state index is 0.185. The van der Waals surface area contributed by atoms with Crippen LogP contribution in [-0.2, 0) is 6.42 Å². The predicted octanol–water partition coefficient (Wildman–Crippen LogP) is 4.49. The molecule has 0 fully saturated rings. The van der Waals surface area contributed by atoms with Crippen molar-refractivity contribution in [2.75, 3.05) is 5.75 Å². The fourth-order valence-corrected chi connectivity index (χ4v) is 4.33. The van der Waals surface area contributed by atoms with E-state index in [-0.39, 0.29) is 6.04 Å². The quantitative estimate of drug-likeness (QED) is 0.900. The second kappa shape index (κ2) is 6.21. The van der Waals surface area contributed by atoms with Gasteiger partial charge < -0.3 is 5.73 Å². The summed E-state index contributed by atoms with van der Waals surface area (Å²) in [6, 6.07) is 16.9. The summed E-state index contributed by atoms with van der Waals surface area (Å²) in [7, 11) is 0. The molecule has 3 heteroatoms. The summed E-state index contributed by atoms with van der Waals surface area (Å²) in [4.78, 5) is 1.42. The van der Waals surface area contributed by atoms with Gasteiger partial charge >= 0.3 is 0 Å². The molecule has 2 aromatic carbocycles. The van der Waals surface area contributed by atoms with E-state index < -0.39 is 0 Å². The summed E-state index contributed by atoms with van der Waals surface area (Å²) in [5.41, 5.74) is 9.04. The Balaban J connectivity index is 1.64. The lowest BCUT2D eigenvalue weighted by Crippen LogP contribution is -2.25. The van der Waals surface area contributed by atoms with E-state index in [2.05, 4.69) is 30.3 Å². The van der Waals surface area contributed by atoms with Gasteiger partial charge in [0.2, 0.25) is 0 Å². The van der Waals surface area contributed by atoms with Crippen molar-refractivity contribution in [1.29, 1.82) is 0 Å². The van der Waals surface area contributed by atoms with Crippen molar-refractivity contribution in [2.45, 2.75) is 29.7 Å². The summed E-state index contributed by atoms with van der Waals surface area (Å²) >= 11 is 7.97. The largest absolute Gasteiger partial charge is 0.327 e. The molecule has 0 spiro atoms. The number of halogens is 1. The molecular weight excluding hydrogens is 286 g/mol. The Labute approximate surface area is 129 Å². The highest BCUT2D eigenvalue weighted by Crippen LogP contribution is 2.41. The molecule has 0 bridgehead atoms. The number of fused-ring (bicyclic) bond motifs is 1. The van der Waals surface area contributed by atoms with Crippen LogP contribution in [0.2, 0.25) is 5.02 Å². The number of hydrogen-bond acceptors (Lipinski definition) is 2. The topological polar surface area (TPSA) is 26.0 Å². The molecule has 1 aliphatic rings. The van der Waals surface area contributed by atoms with E-state index >= 15 is 0 Å². The van der Waals surface area contributed by atoms with E-state index in [1.807, 2.05) is 30.0 Å². The Bertz CT molecular complexity index is 599.